The number of nitrogen functional groups attached to an aromatic ring is 1. The largest absolute Gasteiger partial charge is 0.384 e. The lowest BCUT2D eigenvalue weighted by Crippen LogP contribution is -2.16. The number of fused-ring (bicyclic) bond motifs is 1. The molecule has 0 spiro atoms. The van der Waals surface area contributed by atoms with Crippen LogP contribution in [0.5, 0.6) is 0 Å². The van der Waals surface area contributed by atoms with Gasteiger partial charge in [0.1, 0.15) is 10.8 Å². The number of anilines is 1. The molecule has 2 N–H and O–H groups in total. The molecule has 7 nitrogen and oxygen atoms in total. The molecule has 21 heavy (non-hydrogen) atoms. The van der Waals surface area contributed by atoms with Gasteiger partial charge in [-0.05, 0) is 25.0 Å². The maximum atomic E-state index is 5.73. The highest BCUT2D eigenvalue weighted by Gasteiger charge is 2.23. The fourth-order valence-corrected chi connectivity index (χ4v) is 3.38. The highest BCUT2D eigenvalue weighted by molar-refractivity contribution is 7.19. The SMILES string of the molecule is Nc1cc(-c2nn3c(C4CCOCC4)nnc3s2)ccn1. The first-order valence-electron chi connectivity index (χ1n) is 6.83. The van der Waals surface area contributed by atoms with Crippen molar-refractivity contribution < 1.29 is 4.74 Å². The Bertz CT molecular complexity index is 776. The Hall–Kier alpha value is -2.06. The monoisotopic (exact) mass is 302 g/mol. The van der Waals surface area contributed by atoms with E-state index in [1.807, 2.05) is 16.6 Å². The zero-order valence-corrected chi connectivity index (χ0v) is 12.1. The topological polar surface area (TPSA) is 91.2 Å². The van der Waals surface area contributed by atoms with Gasteiger partial charge in [-0.3, -0.25) is 0 Å². The summed E-state index contributed by atoms with van der Waals surface area (Å²) in [5, 5.41) is 14.1. The van der Waals surface area contributed by atoms with E-state index >= 15 is 0 Å². The molecule has 1 aliphatic heterocycles. The van der Waals surface area contributed by atoms with Crippen molar-refractivity contribution >= 4 is 22.1 Å². The highest BCUT2D eigenvalue weighted by atomic mass is 32.1. The van der Waals surface area contributed by atoms with Gasteiger partial charge in [0.15, 0.2) is 5.82 Å². The summed E-state index contributed by atoms with van der Waals surface area (Å²) in [4.78, 5) is 4.81. The summed E-state index contributed by atoms with van der Waals surface area (Å²) in [6.45, 7) is 1.55. The van der Waals surface area contributed by atoms with Gasteiger partial charge >= 0.3 is 0 Å². The fraction of sp³-hybridized carbons (Fsp3) is 0.385. The van der Waals surface area contributed by atoms with Gasteiger partial charge in [0.25, 0.3) is 0 Å². The number of hydrogen-bond donors (Lipinski definition) is 1. The van der Waals surface area contributed by atoms with Crippen LogP contribution < -0.4 is 5.73 Å². The number of rotatable bonds is 2. The number of nitrogens with two attached hydrogens (primary N) is 1. The number of nitrogens with zero attached hydrogens (tertiary/aromatic N) is 5. The summed E-state index contributed by atoms with van der Waals surface area (Å²) in [5.74, 6) is 1.78. The van der Waals surface area contributed by atoms with Crippen LogP contribution in [0, 0.1) is 0 Å². The lowest BCUT2D eigenvalue weighted by Gasteiger charge is -2.19. The average molecular weight is 302 g/mol. The molecule has 3 aromatic heterocycles. The summed E-state index contributed by atoms with van der Waals surface area (Å²) in [6.07, 6.45) is 3.62. The Morgan fingerprint density at radius 1 is 1.29 bits per heavy atom. The minimum absolute atomic E-state index is 0.367. The maximum absolute atomic E-state index is 5.73. The molecule has 108 valence electrons. The van der Waals surface area contributed by atoms with E-state index in [0.717, 1.165) is 47.4 Å². The zero-order valence-electron chi connectivity index (χ0n) is 11.3. The molecule has 1 saturated heterocycles. The Kier molecular flexibility index (Phi) is 3.04. The van der Waals surface area contributed by atoms with Crippen molar-refractivity contribution in [2.75, 3.05) is 18.9 Å². The molecule has 8 heteroatoms. The molecule has 4 heterocycles. The van der Waals surface area contributed by atoms with Gasteiger partial charge in [-0.2, -0.15) is 9.61 Å². The van der Waals surface area contributed by atoms with Crippen molar-refractivity contribution in [2.24, 2.45) is 0 Å². The van der Waals surface area contributed by atoms with Crippen molar-refractivity contribution in [3.05, 3.63) is 24.2 Å². The maximum Gasteiger partial charge on any atom is 0.234 e. The molecule has 1 fully saturated rings. The quantitative estimate of drug-likeness (QED) is 0.775. The van der Waals surface area contributed by atoms with Crippen LogP contribution in [0.4, 0.5) is 5.82 Å². The molecule has 0 atom stereocenters. The minimum Gasteiger partial charge on any atom is -0.384 e. The Morgan fingerprint density at radius 2 is 2.14 bits per heavy atom. The molecule has 0 radical (unpaired) electrons. The number of pyridine rings is 1. The van der Waals surface area contributed by atoms with E-state index in [1.165, 1.54) is 11.3 Å². The third kappa shape index (κ3) is 2.26. The van der Waals surface area contributed by atoms with Gasteiger partial charge < -0.3 is 10.5 Å². The van der Waals surface area contributed by atoms with E-state index in [1.54, 1.807) is 6.20 Å². The second-order valence-electron chi connectivity index (χ2n) is 5.02. The third-order valence-corrected chi connectivity index (χ3v) is 4.58. The summed E-state index contributed by atoms with van der Waals surface area (Å²) in [7, 11) is 0. The number of hydrogen-bond acceptors (Lipinski definition) is 7. The molecule has 3 aromatic rings. The van der Waals surface area contributed by atoms with Crippen LogP contribution >= 0.6 is 11.3 Å². The lowest BCUT2D eigenvalue weighted by atomic mass is 10.00. The molecule has 0 aromatic carbocycles. The van der Waals surface area contributed by atoms with Gasteiger partial charge in [-0.25, -0.2) is 4.98 Å². The second-order valence-corrected chi connectivity index (χ2v) is 5.97. The summed E-state index contributed by atoms with van der Waals surface area (Å²) >= 11 is 1.51. The summed E-state index contributed by atoms with van der Waals surface area (Å²) in [5.41, 5.74) is 6.68. The molecule has 0 bridgehead atoms. The Balaban J connectivity index is 1.75. The van der Waals surface area contributed by atoms with Crippen LogP contribution in [0.2, 0.25) is 0 Å². The van der Waals surface area contributed by atoms with Crippen molar-refractivity contribution in [2.45, 2.75) is 18.8 Å². The van der Waals surface area contributed by atoms with Gasteiger partial charge in [-0.1, -0.05) is 11.3 Å². The van der Waals surface area contributed by atoms with Crippen LogP contribution in [0.1, 0.15) is 24.6 Å². The van der Waals surface area contributed by atoms with Gasteiger partial charge in [0, 0.05) is 30.9 Å². The first kappa shape index (κ1) is 12.7. The van der Waals surface area contributed by atoms with Gasteiger partial charge in [-0.15, -0.1) is 10.2 Å². The zero-order chi connectivity index (χ0) is 14.2. The predicted molar refractivity (Wildman–Crippen MR) is 79.1 cm³/mol. The molecule has 4 rings (SSSR count). The van der Waals surface area contributed by atoms with Gasteiger partial charge in [0.2, 0.25) is 4.96 Å². The van der Waals surface area contributed by atoms with E-state index in [2.05, 4.69) is 20.3 Å². The third-order valence-electron chi connectivity index (χ3n) is 3.63. The molecule has 0 saturated carbocycles. The normalized spacial score (nSPS) is 16.6. The van der Waals surface area contributed by atoms with Gasteiger partial charge in [0.05, 0.1) is 0 Å². The first-order valence-corrected chi connectivity index (χ1v) is 7.65. The summed E-state index contributed by atoms with van der Waals surface area (Å²) in [6, 6.07) is 3.72. The molecule has 0 unspecified atom stereocenters. The van der Waals surface area contributed by atoms with Crippen LogP contribution in [0.3, 0.4) is 0 Å². The second kappa shape index (κ2) is 5.05. The van der Waals surface area contributed by atoms with Crippen LogP contribution in [-0.4, -0.2) is 38.0 Å². The standard InChI is InChI=1S/C13H14N6OS/c14-10-7-9(1-4-15-10)12-18-19-11(16-17-13(19)21-12)8-2-5-20-6-3-8/h1,4,7-8H,2-3,5-6H2,(H2,14,15). The Morgan fingerprint density at radius 3 is 2.95 bits per heavy atom. The van der Waals surface area contributed by atoms with Crippen molar-refractivity contribution in [3.8, 4) is 10.6 Å². The molecular formula is C13H14N6OS. The smallest absolute Gasteiger partial charge is 0.234 e. The Labute approximate surface area is 124 Å². The number of aromatic nitrogens is 5. The van der Waals surface area contributed by atoms with Crippen LogP contribution in [0.15, 0.2) is 18.3 Å². The number of ether oxygens (including phenoxy) is 1. The van der Waals surface area contributed by atoms with Crippen molar-refractivity contribution in [3.63, 3.8) is 0 Å². The van der Waals surface area contributed by atoms with E-state index in [-0.39, 0.29) is 0 Å². The molecular weight excluding hydrogens is 288 g/mol. The minimum atomic E-state index is 0.367. The lowest BCUT2D eigenvalue weighted by molar-refractivity contribution is 0.0832. The highest BCUT2D eigenvalue weighted by Crippen LogP contribution is 2.30. The molecule has 0 amide bonds. The average Bonchev–Trinajstić information content (AvgIpc) is 3.08. The fourth-order valence-electron chi connectivity index (χ4n) is 2.54. The molecule has 0 aliphatic carbocycles. The van der Waals surface area contributed by atoms with E-state index in [4.69, 9.17) is 10.5 Å². The van der Waals surface area contributed by atoms with Crippen molar-refractivity contribution in [1.29, 1.82) is 0 Å². The van der Waals surface area contributed by atoms with Crippen LogP contribution in [0.25, 0.3) is 15.5 Å². The predicted octanol–water partition coefficient (Wildman–Crippen LogP) is 1.72. The first-order chi connectivity index (χ1) is 10.3. The van der Waals surface area contributed by atoms with E-state index < -0.39 is 0 Å². The van der Waals surface area contributed by atoms with E-state index in [0.29, 0.717) is 11.7 Å². The van der Waals surface area contributed by atoms with Crippen molar-refractivity contribution in [1.82, 2.24) is 24.8 Å². The molecule has 1 aliphatic rings. The van der Waals surface area contributed by atoms with Crippen LogP contribution in [-0.2, 0) is 4.74 Å². The summed E-state index contributed by atoms with van der Waals surface area (Å²) < 4.78 is 7.26. The van der Waals surface area contributed by atoms with E-state index in [9.17, 15) is 0 Å².